The number of nitrogens with one attached hydrogen (secondary N) is 1. The quantitative estimate of drug-likeness (QED) is 0.526. The number of rotatable bonds is 5. The molecule has 3 heteroatoms. The van der Waals surface area contributed by atoms with Crippen molar-refractivity contribution in [3.8, 4) is 0 Å². The van der Waals surface area contributed by atoms with Crippen molar-refractivity contribution >= 4 is 6.21 Å². The highest BCUT2D eigenvalue weighted by molar-refractivity contribution is 5.52. The smallest absolute Gasteiger partial charge is 0.0588 e. The van der Waals surface area contributed by atoms with Gasteiger partial charge in [-0.05, 0) is 20.4 Å². The number of hydrazone groups is 1. The van der Waals surface area contributed by atoms with Gasteiger partial charge in [0, 0.05) is 19.8 Å². The minimum Gasteiger partial charge on any atom is -0.318 e. The summed E-state index contributed by atoms with van der Waals surface area (Å²) in [5, 5.41) is 9.32. The van der Waals surface area contributed by atoms with Gasteiger partial charge in [-0.2, -0.15) is 5.10 Å². The standard InChI is InChI=1S/C8H19N3.C2H6/c1-5-8(7-9-3)11(4)10-6-2;1-2/h6,8-9H,5,7H2,1-4H3;1-2H3/b10-6-;/t8-;/m0./s1. The summed E-state index contributed by atoms with van der Waals surface area (Å²) in [5.41, 5.74) is 0. The van der Waals surface area contributed by atoms with Gasteiger partial charge < -0.3 is 5.32 Å². The Morgan fingerprint density at radius 1 is 1.46 bits per heavy atom. The summed E-state index contributed by atoms with van der Waals surface area (Å²) in [7, 11) is 3.97. The van der Waals surface area contributed by atoms with Gasteiger partial charge in [0.25, 0.3) is 0 Å². The number of nitrogens with zero attached hydrogens (tertiary/aromatic N) is 2. The lowest BCUT2D eigenvalue weighted by molar-refractivity contribution is 0.244. The molecule has 0 heterocycles. The highest BCUT2D eigenvalue weighted by Crippen LogP contribution is 1.99. The minimum absolute atomic E-state index is 0.510. The van der Waals surface area contributed by atoms with Gasteiger partial charge in [0.2, 0.25) is 0 Å². The summed E-state index contributed by atoms with van der Waals surface area (Å²) in [6, 6.07) is 0.510. The maximum Gasteiger partial charge on any atom is 0.0588 e. The first kappa shape index (κ1) is 14.9. The Balaban J connectivity index is 0. The molecule has 0 fully saturated rings. The zero-order chi connectivity index (χ0) is 10.7. The fourth-order valence-corrected chi connectivity index (χ4v) is 1.05. The van der Waals surface area contributed by atoms with E-state index in [-0.39, 0.29) is 0 Å². The zero-order valence-electron chi connectivity index (χ0n) is 9.96. The van der Waals surface area contributed by atoms with Crippen molar-refractivity contribution in [2.75, 3.05) is 20.6 Å². The highest BCUT2D eigenvalue weighted by atomic mass is 15.4. The van der Waals surface area contributed by atoms with Crippen LogP contribution in [0.15, 0.2) is 5.10 Å². The molecule has 80 valence electrons. The predicted molar refractivity (Wildman–Crippen MR) is 61.3 cm³/mol. The summed E-state index contributed by atoms with van der Waals surface area (Å²) >= 11 is 0. The van der Waals surface area contributed by atoms with E-state index >= 15 is 0 Å². The summed E-state index contributed by atoms with van der Waals surface area (Å²) < 4.78 is 0. The normalized spacial score (nSPS) is 12.2. The van der Waals surface area contributed by atoms with E-state index in [9.17, 15) is 0 Å². The van der Waals surface area contributed by atoms with E-state index in [0.29, 0.717) is 6.04 Å². The third kappa shape index (κ3) is 7.78. The molecule has 1 N–H and O–H groups in total. The van der Waals surface area contributed by atoms with Gasteiger partial charge in [0.15, 0.2) is 0 Å². The van der Waals surface area contributed by atoms with Crippen molar-refractivity contribution in [1.29, 1.82) is 0 Å². The number of hydrogen-bond donors (Lipinski definition) is 1. The van der Waals surface area contributed by atoms with Crippen LogP contribution in [-0.4, -0.2) is 37.9 Å². The van der Waals surface area contributed by atoms with E-state index < -0.39 is 0 Å². The molecule has 1 atom stereocenters. The monoisotopic (exact) mass is 187 g/mol. The highest BCUT2D eigenvalue weighted by Gasteiger charge is 2.07. The van der Waals surface area contributed by atoms with E-state index in [1.165, 1.54) is 0 Å². The van der Waals surface area contributed by atoms with Crippen LogP contribution in [0.25, 0.3) is 0 Å². The SMILES string of the molecule is C/C=N\N(C)[C@@H](CC)CNC.CC. The van der Waals surface area contributed by atoms with Gasteiger partial charge in [-0.1, -0.05) is 20.8 Å². The third-order valence-electron chi connectivity index (χ3n) is 1.74. The fraction of sp³-hybridized carbons (Fsp3) is 0.900. The number of hydrogen-bond acceptors (Lipinski definition) is 3. The lowest BCUT2D eigenvalue weighted by Crippen LogP contribution is -2.35. The summed E-state index contributed by atoms with van der Waals surface area (Å²) in [6.45, 7) is 9.09. The van der Waals surface area contributed by atoms with Crippen molar-refractivity contribution in [1.82, 2.24) is 10.3 Å². The van der Waals surface area contributed by atoms with Gasteiger partial charge in [0.1, 0.15) is 0 Å². The van der Waals surface area contributed by atoms with Crippen LogP contribution in [0.3, 0.4) is 0 Å². The average molecular weight is 187 g/mol. The largest absolute Gasteiger partial charge is 0.318 e. The number of likely N-dealkylation sites (N-methyl/N-ethyl adjacent to an activating group) is 2. The van der Waals surface area contributed by atoms with Crippen LogP contribution in [-0.2, 0) is 0 Å². The molecule has 0 aromatic rings. The van der Waals surface area contributed by atoms with Crippen LogP contribution in [0.1, 0.15) is 34.1 Å². The van der Waals surface area contributed by atoms with Crippen LogP contribution in [0.5, 0.6) is 0 Å². The first-order chi connectivity index (χ1) is 6.26. The lowest BCUT2D eigenvalue weighted by atomic mass is 10.2. The van der Waals surface area contributed by atoms with Crippen molar-refractivity contribution in [3.05, 3.63) is 0 Å². The molecule has 0 saturated heterocycles. The third-order valence-corrected chi connectivity index (χ3v) is 1.74. The summed E-state index contributed by atoms with van der Waals surface area (Å²) in [4.78, 5) is 0. The molecule has 0 bridgehead atoms. The van der Waals surface area contributed by atoms with Crippen LogP contribution in [0.2, 0.25) is 0 Å². The second-order valence-electron chi connectivity index (χ2n) is 2.57. The molecule has 0 spiro atoms. The Kier molecular flexibility index (Phi) is 13.1. The first-order valence-corrected chi connectivity index (χ1v) is 5.12. The molecule has 0 aromatic carbocycles. The van der Waals surface area contributed by atoms with E-state index in [2.05, 4.69) is 17.3 Å². The first-order valence-electron chi connectivity index (χ1n) is 5.12. The molecule has 0 aliphatic rings. The van der Waals surface area contributed by atoms with Crippen LogP contribution in [0, 0.1) is 0 Å². The maximum absolute atomic E-state index is 4.18. The van der Waals surface area contributed by atoms with Gasteiger partial charge in [-0.15, -0.1) is 0 Å². The van der Waals surface area contributed by atoms with Crippen molar-refractivity contribution in [2.45, 2.75) is 40.2 Å². The molecule has 0 aromatic heterocycles. The van der Waals surface area contributed by atoms with Crippen molar-refractivity contribution < 1.29 is 0 Å². The Morgan fingerprint density at radius 3 is 2.31 bits per heavy atom. The molecule has 0 unspecified atom stereocenters. The topological polar surface area (TPSA) is 27.6 Å². The molecule has 0 aliphatic carbocycles. The van der Waals surface area contributed by atoms with Gasteiger partial charge in [0.05, 0.1) is 6.04 Å². The van der Waals surface area contributed by atoms with E-state index in [4.69, 9.17) is 0 Å². The average Bonchev–Trinajstić information content (AvgIpc) is 2.17. The van der Waals surface area contributed by atoms with E-state index in [1.54, 1.807) is 0 Å². The van der Waals surface area contributed by atoms with Gasteiger partial charge in [-0.25, -0.2) is 0 Å². The van der Waals surface area contributed by atoms with Crippen molar-refractivity contribution in [3.63, 3.8) is 0 Å². The van der Waals surface area contributed by atoms with E-state index in [0.717, 1.165) is 13.0 Å². The van der Waals surface area contributed by atoms with E-state index in [1.807, 2.05) is 46.1 Å². The zero-order valence-corrected chi connectivity index (χ0v) is 9.96. The second kappa shape index (κ2) is 11.4. The van der Waals surface area contributed by atoms with Crippen molar-refractivity contribution in [2.24, 2.45) is 5.10 Å². The summed E-state index contributed by atoms with van der Waals surface area (Å²) in [6.07, 6.45) is 2.94. The minimum atomic E-state index is 0.510. The molecule has 0 amide bonds. The molecule has 0 aliphatic heterocycles. The van der Waals surface area contributed by atoms with Gasteiger partial charge in [-0.3, -0.25) is 5.01 Å². The van der Waals surface area contributed by atoms with Gasteiger partial charge >= 0.3 is 0 Å². The second-order valence-corrected chi connectivity index (χ2v) is 2.57. The Morgan fingerprint density at radius 2 is 2.00 bits per heavy atom. The summed E-state index contributed by atoms with van der Waals surface area (Å²) in [5.74, 6) is 0. The molecule has 3 nitrogen and oxygen atoms in total. The maximum atomic E-state index is 4.18. The Hall–Kier alpha value is -0.570. The van der Waals surface area contributed by atoms with Crippen LogP contribution < -0.4 is 5.32 Å². The molecule has 13 heavy (non-hydrogen) atoms. The molecule has 0 rings (SSSR count). The van der Waals surface area contributed by atoms with Crippen LogP contribution in [0.4, 0.5) is 0 Å². The Bertz CT molecular complexity index is 113. The Labute approximate surface area is 83.2 Å². The molecular weight excluding hydrogens is 162 g/mol. The molecule has 0 saturated carbocycles. The fourth-order valence-electron chi connectivity index (χ4n) is 1.05. The molecule has 0 radical (unpaired) electrons. The predicted octanol–water partition coefficient (Wildman–Crippen LogP) is 1.95. The molecular formula is C10H25N3. The van der Waals surface area contributed by atoms with Crippen LogP contribution >= 0.6 is 0 Å². The lowest BCUT2D eigenvalue weighted by Gasteiger charge is -2.23.